The Hall–Kier alpha value is -0.980. The van der Waals surface area contributed by atoms with Gasteiger partial charge in [0.25, 0.3) is 5.91 Å². The molecule has 0 aliphatic carbocycles. The van der Waals surface area contributed by atoms with E-state index in [2.05, 4.69) is 26.1 Å². The van der Waals surface area contributed by atoms with Crippen molar-refractivity contribution >= 4 is 21.8 Å². The van der Waals surface area contributed by atoms with Gasteiger partial charge in [-0.3, -0.25) is 9.69 Å². The molecule has 110 valence electrons. The van der Waals surface area contributed by atoms with E-state index in [-0.39, 0.29) is 10.4 Å². The zero-order valence-electron chi connectivity index (χ0n) is 11.5. The van der Waals surface area contributed by atoms with E-state index in [1.807, 2.05) is 0 Å². The van der Waals surface area contributed by atoms with Crippen LogP contribution in [0.1, 0.15) is 10.4 Å². The van der Waals surface area contributed by atoms with Gasteiger partial charge in [-0.2, -0.15) is 0 Å². The molecule has 0 aromatic heterocycles. The molecule has 1 aliphatic rings. The first kappa shape index (κ1) is 15.4. The van der Waals surface area contributed by atoms with E-state index in [0.717, 1.165) is 32.7 Å². The van der Waals surface area contributed by atoms with Crippen LogP contribution in [0.25, 0.3) is 0 Å². The molecule has 1 heterocycles. The zero-order chi connectivity index (χ0) is 14.5. The molecular weight excluding hydrogens is 325 g/mol. The van der Waals surface area contributed by atoms with Crippen LogP contribution in [-0.2, 0) is 0 Å². The van der Waals surface area contributed by atoms with Gasteiger partial charge in [0, 0.05) is 46.3 Å². The number of carbonyl (C=O) groups excluding carboxylic acids is 1. The van der Waals surface area contributed by atoms with Crippen molar-refractivity contribution in [2.45, 2.75) is 0 Å². The van der Waals surface area contributed by atoms with E-state index in [1.54, 1.807) is 24.1 Å². The lowest BCUT2D eigenvalue weighted by molar-refractivity contribution is 0.0773. The Kier molecular flexibility index (Phi) is 5.51. The summed E-state index contributed by atoms with van der Waals surface area (Å²) in [6.07, 6.45) is 0. The second-order valence-corrected chi connectivity index (χ2v) is 5.71. The number of likely N-dealkylation sites (N-methyl/N-ethyl adjacent to an activating group) is 1. The van der Waals surface area contributed by atoms with E-state index >= 15 is 0 Å². The molecule has 1 N–H and O–H groups in total. The van der Waals surface area contributed by atoms with Crippen molar-refractivity contribution in [3.05, 3.63) is 34.1 Å². The molecule has 0 spiro atoms. The molecule has 2 rings (SSSR count). The van der Waals surface area contributed by atoms with Crippen LogP contribution in [0.3, 0.4) is 0 Å². The molecule has 0 atom stereocenters. The van der Waals surface area contributed by atoms with E-state index in [1.165, 1.54) is 6.07 Å². The fourth-order valence-electron chi connectivity index (χ4n) is 2.20. The third-order valence-electron chi connectivity index (χ3n) is 3.49. The highest BCUT2D eigenvalue weighted by atomic mass is 79.9. The molecule has 1 saturated heterocycles. The first-order valence-corrected chi connectivity index (χ1v) is 7.51. The first-order chi connectivity index (χ1) is 9.59. The van der Waals surface area contributed by atoms with E-state index < -0.39 is 5.82 Å². The largest absolute Gasteiger partial charge is 0.340 e. The molecule has 1 aromatic rings. The Morgan fingerprint density at radius 1 is 1.45 bits per heavy atom. The number of hydrogen-bond donors (Lipinski definition) is 1. The maximum atomic E-state index is 13.4. The van der Waals surface area contributed by atoms with Crippen molar-refractivity contribution in [3.63, 3.8) is 0 Å². The lowest BCUT2D eigenvalue weighted by Gasteiger charge is -2.29. The van der Waals surface area contributed by atoms with Gasteiger partial charge in [0.05, 0.1) is 10.0 Å². The zero-order valence-corrected chi connectivity index (χ0v) is 13.1. The van der Waals surface area contributed by atoms with Gasteiger partial charge in [0.1, 0.15) is 5.82 Å². The minimum absolute atomic E-state index is 0.161. The lowest BCUT2D eigenvalue weighted by Crippen LogP contribution is -2.46. The van der Waals surface area contributed by atoms with Crippen molar-refractivity contribution < 1.29 is 9.18 Å². The number of rotatable bonds is 4. The third kappa shape index (κ3) is 3.77. The number of hydrogen-bond acceptors (Lipinski definition) is 3. The Morgan fingerprint density at radius 3 is 2.85 bits per heavy atom. The predicted molar refractivity (Wildman–Crippen MR) is 80.4 cm³/mol. The first-order valence-electron chi connectivity index (χ1n) is 6.72. The average Bonchev–Trinajstić information content (AvgIpc) is 2.48. The van der Waals surface area contributed by atoms with Crippen molar-refractivity contribution in [1.29, 1.82) is 0 Å². The van der Waals surface area contributed by atoms with Crippen molar-refractivity contribution in [2.75, 3.05) is 46.3 Å². The van der Waals surface area contributed by atoms with Gasteiger partial charge in [-0.15, -0.1) is 0 Å². The Labute approximate surface area is 127 Å². The van der Waals surface area contributed by atoms with Gasteiger partial charge < -0.3 is 10.2 Å². The van der Waals surface area contributed by atoms with Crippen LogP contribution in [-0.4, -0.2) is 62.0 Å². The molecular formula is C14H19BrFN3O. The summed E-state index contributed by atoms with van der Waals surface area (Å²) < 4.78 is 13.7. The Balaban J connectivity index is 1.92. The normalized spacial score (nSPS) is 16.1. The second kappa shape index (κ2) is 7.15. The van der Waals surface area contributed by atoms with Gasteiger partial charge in [-0.05, 0) is 28.1 Å². The van der Waals surface area contributed by atoms with Crippen molar-refractivity contribution in [1.82, 2.24) is 15.1 Å². The van der Waals surface area contributed by atoms with Crippen LogP contribution in [0.5, 0.6) is 0 Å². The highest BCUT2D eigenvalue weighted by Crippen LogP contribution is 2.21. The van der Waals surface area contributed by atoms with E-state index in [9.17, 15) is 9.18 Å². The average molecular weight is 344 g/mol. The molecule has 20 heavy (non-hydrogen) atoms. The van der Waals surface area contributed by atoms with Gasteiger partial charge in [0.15, 0.2) is 0 Å². The van der Waals surface area contributed by atoms with Crippen LogP contribution in [0, 0.1) is 5.82 Å². The quantitative estimate of drug-likeness (QED) is 0.901. The number of nitrogens with zero attached hydrogens (tertiary/aromatic N) is 2. The minimum atomic E-state index is -0.411. The number of amides is 1. The molecule has 0 saturated carbocycles. The summed E-state index contributed by atoms with van der Waals surface area (Å²) in [5.41, 5.74) is 0.368. The standard InChI is InChI=1S/C14H19BrFN3O/c1-18(9-10-19-7-5-17-6-8-19)14(20)11-3-2-4-12(16)13(11)15/h2-4,17H,5-10H2,1H3. The van der Waals surface area contributed by atoms with Gasteiger partial charge in [-0.1, -0.05) is 6.07 Å². The fraction of sp³-hybridized carbons (Fsp3) is 0.500. The topological polar surface area (TPSA) is 35.6 Å². The van der Waals surface area contributed by atoms with Crippen LogP contribution in [0.2, 0.25) is 0 Å². The molecule has 1 aromatic carbocycles. The molecule has 0 unspecified atom stereocenters. The Bertz CT molecular complexity index is 477. The summed E-state index contributed by atoms with van der Waals surface area (Å²) in [5.74, 6) is -0.571. The SMILES string of the molecule is CN(CCN1CCNCC1)C(=O)c1cccc(F)c1Br. The molecule has 1 aliphatic heterocycles. The maximum absolute atomic E-state index is 13.4. The fourth-order valence-corrected chi connectivity index (χ4v) is 2.64. The molecule has 0 bridgehead atoms. The number of carbonyl (C=O) groups is 1. The monoisotopic (exact) mass is 343 g/mol. The molecule has 6 heteroatoms. The Morgan fingerprint density at radius 2 is 2.15 bits per heavy atom. The maximum Gasteiger partial charge on any atom is 0.254 e. The van der Waals surface area contributed by atoms with Crippen LogP contribution in [0.4, 0.5) is 4.39 Å². The smallest absolute Gasteiger partial charge is 0.254 e. The summed E-state index contributed by atoms with van der Waals surface area (Å²) in [6.45, 7) is 5.48. The summed E-state index contributed by atoms with van der Waals surface area (Å²) in [7, 11) is 1.75. The van der Waals surface area contributed by atoms with Crippen molar-refractivity contribution in [3.8, 4) is 0 Å². The summed E-state index contributed by atoms with van der Waals surface area (Å²) in [6, 6.07) is 4.52. The van der Waals surface area contributed by atoms with Crippen LogP contribution >= 0.6 is 15.9 Å². The summed E-state index contributed by atoms with van der Waals surface area (Å²) in [5, 5.41) is 3.29. The third-order valence-corrected chi connectivity index (χ3v) is 4.30. The number of halogens is 2. The molecule has 1 fully saturated rings. The summed E-state index contributed by atoms with van der Waals surface area (Å²) >= 11 is 3.14. The van der Waals surface area contributed by atoms with Gasteiger partial charge in [-0.25, -0.2) is 4.39 Å². The van der Waals surface area contributed by atoms with Gasteiger partial charge >= 0.3 is 0 Å². The van der Waals surface area contributed by atoms with Crippen LogP contribution < -0.4 is 5.32 Å². The van der Waals surface area contributed by atoms with E-state index in [0.29, 0.717) is 12.1 Å². The van der Waals surface area contributed by atoms with Crippen molar-refractivity contribution in [2.24, 2.45) is 0 Å². The van der Waals surface area contributed by atoms with Crippen LogP contribution in [0.15, 0.2) is 22.7 Å². The molecule has 0 radical (unpaired) electrons. The minimum Gasteiger partial charge on any atom is -0.340 e. The van der Waals surface area contributed by atoms with E-state index in [4.69, 9.17) is 0 Å². The highest BCUT2D eigenvalue weighted by molar-refractivity contribution is 9.10. The van der Waals surface area contributed by atoms with Gasteiger partial charge in [0.2, 0.25) is 0 Å². The number of nitrogens with one attached hydrogen (secondary N) is 1. The highest BCUT2D eigenvalue weighted by Gasteiger charge is 2.18. The summed E-state index contributed by atoms with van der Waals surface area (Å²) in [4.78, 5) is 16.2. The second-order valence-electron chi connectivity index (χ2n) is 4.92. The number of benzene rings is 1. The lowest BCUT2D eigenvalue weighted by atomic mass is 10.2. The number of piperazine rings is 1. The molecule has 1 amide bonds. The molecule has 4 nitrogen and oxygen atoms in total. The predicted octanol–water partition coefficient (Wildman–Crippen LogP) is 1.57.